The highest BCUT2D eigenvalue weighted by atomic mass is 19.4. The maximum atomic E-state index is 13.5. The highest BCUT2D eigenvalue weighted by Gasteiger charge is 2.71. The fraction of sp³-hybridized carbons (Fsp3) is 0.520. The van der Waals surface area contributed by atoms with Gasteiger partial charge in [0.15, 0.2) is 0 Å². The summed E-state index contributed by atoms with van der Waals surface area (Å²) in [5.74, 6) is 0.0332. The van der Waals surface area contributed by atoms with Crippen LogP contribution in [0.2, 0.25) is 0 Å². The lowest BCUT2D eigenvalue weighted by molar-refractivity contribution is -0.376. The Bertz CT molecular complexity index is 936. The molecule has 33 heavy (non-hydrogen) atoms. The summed E-state index contributed by atoms with van der Waals surface area (Å²) in [6.07, 6.45) is -7.80. The van der Waals surface area contributed by atoms with E-state index in [0.29, 0.717) is 12.1 Å². The molecule has 0 spiro atoms. The molecule has 180 valence electrons. The lowest BCUT2D eigenvalue weighted by atomic mass is 9.77. The fourth-order valence-electron chi connectivity index (χ4n) is 5.44. The molecule has 4 rings (SSSR count). The molecule has 0 unspecified atom stereocenters. The van der Waals surface area contributed by atoms with Crippen LogP contribution in [-0.4, -0.2) is 30.5 Å². The standard InChI is InChI=1S/C25H27F6NO/c26-24(27,28)23(33,25(29,30)31)19-10-11-20(21(13-19)17-8-4-5-9-17)22-15-32-14-18(22)12-16-6-2-1-3-7-16/h1-3,6-7,10-11,13,17-18,22,32-33H,4-5,8-9,12,14-15H2/t18-,22-/m1/s1. The zero-order valence-electron chi connectivity index (χ0n) is 18.0. The minimum atomic E-state index is -5.88. The molecule has 0 amide bonds. The summed E-state index contributed by atoms with van der Waals surface area (Å²) in [6, 6.07) is 13.0. The van der Waals surface area contributed by atoms with Gasteiger partial charge in [0.05, 0.1) is 0 Å². The summed E-state index contributed by atoms with van der Waals surface area (Å²) < 4.78 is 81.1. The lowest BCUT2D eigenvalue weighted by Gasteiger charge is -2.34. The van der Waals surface area contributed by atoms with E-state index in [2.05, 4.69) is 5.32 Å². The van der Waals surface area contributed by atoms with Gasteiger partial charge in [-0.3, -0.25) is 0 Å². The van der Waals surface area contributed by atoms with Crippen molar-refractivity contribution >= 4 is 0 Å². The van der Waals surface area contributed by atoms with Crippen molar-refractivity contribution in [1.29, 1.82) is 0 Å². The van der Waals surface area contributed by atoms with E-state index in [1.807, 2.05) is 30.3 Å². The Morgan fingerprint density at radius 2 is 1.45 bits per heavy atom. The molecule has 8 heteroatoms. The highest BCUT2D eigenvalue weighted by Crippen LogP contribution is 2.51. The Labute approximate surface area is 189 Å². The van der Waals surface area contributed by atoms with Gasteiger partial charge in [-0.15, -0.1) is 0 Å². The third-order valence-electron chi connectivity index (χ3n) is 7.20. The summed E-state index contributed by atoms with van der Waals surface area (Å²) in [4.78, 5) is 0. The van der Waals surface area contributed by atoms with Crippen LogP contribution in [0.4, 0.5) is 26.3 Å². The van der Waals surface area contributed by atoms with Gasteiger partial charge in [-0.05, 0) is 54.3 Å². The average molecular weight is 471 g/mol. The topological polar surface area (TPSA) is 32.3 Å². The number of alkyl halides is 6. The molecule has 0 bridgehead atoms. The molecule has 2 nitrogen and oxygen atoms in total. The van der Waals surface area contributed by atoms with E-state index in [1.165, 1.54) is 6.07 Å². The summed E-state index contributed by atoms with van der Waals surface area (Å²) in [6.45, 7) is 1.33. The van der Waals surface area contributed by atoms with E-state index in [4.69, 9.17) is 0 Å². The molecule has 2 fully saturated rings. The molecular weight excluding hydrogens is 444 g/mol. The Balaban J connectivity index is 1.76. The van der Waals surface area contributed by atoms with Crippen molar-refractivity contribution in [2.75, 3.05) is 13.1 Å². The Kier molecular flexibility index (Phi) is 6.53. The van der Waals surface area contributed by atoms with Crippen LogP contribution in [0, 0.1) is 5.92 Å². The molecule has 0 aromatic heterocycles. The number of hydrogen-bond donors (Lipinski definition) is 2. The van der Waals surface area contributed by atoms with Crippen LogP contribution < -0.4 is 5.32 Å². The van der Waals surface area contributed by atoms with Gasteiger partial charge in [0.25, 0.3) is 5.60 Å². The number of halogens is 6. The van der Waals surface area contributed by atoms with E-state index >= 15 is 0 Å². The predicted molar refractivity (Wildman–Crippen MR) is 113 cm³/mol. The smallest absolute Gasteiger partial charge is 0.369 e. The Morgan fingerprint density at radius 3 is 2.06 bits per heavy atom. The van der Waals surface area contributed by atoms with Crippen molar-refractivity contribution in [1.82, 2.24) is 5.32 Å². The second-order valence-corrected chi connectivity index (χ2v) is 9.25. The number of rotatable bonds is 5. The van der Waals surface area contributed by atoms with Gasteiger partial charge in [-0.2, -0.15) is 26.3 Å². The van der Waals surface area contributed by atoms with Gasteiger partial charge in [0.2, 0.25) is 0 Å². The van der Waals surface area contributed by atoms with Crippen LogP contribution in [0.1, 0.15) is 59.8 Å². The molecule has 2 atom stereocenters. The molecular formula is C25H27F6NO. The van der Waals surface area contributed by atoms with Crippen LogP contribution in [0.15, 0.2) is 48.5 Å². The molecule has 1 saturated carbocycles. The van der Waals surface area contributed by atoms with Gasteiger partial charge < -0.3 is 10.4 Å². The minimum absolute atomic E-state index is 0.0280. The maximum Gasteiger partial charge on any atom is 0.430 e. The SMILES string of the molecule is OC(c1ccc([C@@H]2CNC[C@H]2Cc2ccccc2)c(C2CCCC2)c1)(C(F)(F)F)C(F)(F)F. The van der Waals surface area contributed by atoms with Gasteiger partial charge in [0.1, 0.15) is 0 Å². The zero-order chi connectivity index (χ0) is 23.9. The molecule has 1 saturated heterocycles. The summed E-state index contributed by atoms with van der Waals surface area (Å²) in [7, 11) is 0. The van der Waals surface area contributed by atoms with E-state index in [1.54, 1.807) is 0 Å². The van der Waals surface area contributed by atoms with E-state index < -0.39 is 23.5 Å². The number of aliphatic hydroxyl groups is 1. The number of benzene rings is 2. The van der Waals surface area contributed by atoms with Gasteiger partial charge >= 0.3 is 12.4 Å². The van der Waals surface area contributed by atoms with Crippen molar-refractivity contribution in [2.45, 2.75) is 61.9 Å². The first-order valence-corrected chi connectivity index (χ1v) is 11.3. The fourth-order valence-corrected chi connectivity index (χ4v) is 5.44. The van der Waals surface area contributed by atoms with Crippen LogP contribution in [0.25, 0.3) is 0 Å². The minimum Gasteiger partial charge on any atom is -0.369 e. The quantitative estimate of drug-likeness (QED) is 0.509. The van der Waals surface area contributed by atoms with Crippen molar-refractivity contribution in [3.8, 4) is 0 Å². The first kappa shape index (κ1) is 24.1. The van der Waals surface area contributed by atoms with Crippen LogP contribution in [-0.2, 0) is 12.0 Å². The Hall–Kier alpha value is -2.06. The average Bonchev–Trinajstić information content (AvgIpc) is 3.44. The molecule has 2 aliphatic rings. The van der Waals surface area contributed by atoms with Gasteiger partial charge in [-0.25, -0.2) is 0 Å². The van der Waals surface area contributed by atoms with E-state index in [0.717, 1.165) is 61.9 Å². The van der Waals surface area contributed by atoms with Crippen LogP contribution in [0.3, 0.4) is 0 Å². The molecule has 1 aliphatic carbocycles. The summed E-state index contributed by atoms with van der Waals surface area (Å²) >= 11 is 0. The summed E-state index contributed by atoms with van der Waals surface area (Å²) in [5, 5.41) is 13.3. The summed E-state index contributed by atoms with van der Waals surface area (Å²) in [5.41, 5.74) is -3.60. The van der Waals surface area contributed by atoms with Gasteiger partial charge in [-0.1, -0.05) is 61.4 Å². The second kappa shape index (κ2) is 8.95. The lowest BCUT2D eigenvalue weighted by Crippen LogP contribution is -2.54. The predicted octanol–water partition coefficient (Wildman–Crippen LogP) is 6.20. The molecule has 1 aliphatic heterocycles. The van der Waals surface area contributed by atoms with Gasteiger partial charge in [0, 0.05) is 18.0 Å². The molecule has 2 aromatic rings. The largest absolute Gasteiger partial charge is 0.430 e. The second-order valence-electron chi connectivity index (χ2n) is 9.25. The van der Waals surface area contributed by atoms with Crippen molar-refractivity contribution in [3.05, 3.63) is 70.8 Å². The molecule has 2 aromatic carbocycles. The van der Waals surface area contributed by atoms with E-state index in [9.17, 15) is 31.4 Å². The normalized spacial score (nSPS) is 22.8. The van der Waals surface area contributed by atoms with Crippen LogP contribution >= 0.6 is 0 Å². The number of hydrogen-bond acceptors (Lipinski definition) is 2. The van der Waals surface area contributed by atoms with Crippen molar-refractivity contribution < 1.29 is 31.4 Å². The Morgan fingerprint density at radius 1 is 0.818 bits per heavy atom. The molecule has 2 N–H and O–H groups in total. The zero-order valence-corrected chi connectivity index (χ0v) is 18.0. The monoisotopic (exact) mass is 471 g/mol. The van der Waals surface area contributed by atoms with Crippen molar-refractivity contribution in [3.63, 3.8) is 0 Å². The van der Waals surface area contributed by atoms with E-state index in [-0.39, 0.29) is 17.8 Å². The maximum absolute atomic E-state index is 13.5. The highest BCUT2D eigenvalue weighted by molar-refractivity contribution is 5.42. The first-order chi connectivity index (χ1) is 15.5. The van der Waals surface area contributed by atoms with Crippen LogP contribution in [0.5, 0.6) is 0 Å². The molecule has 1 heterocycles. The van der Waals surface area contributed by atoms with Crippen molar-refractivity contribution in [2.24, 2.45) is 5.92 Å². The first-order valence-electron chi connectivity index (χ1n) is 11.3. The molecule has 0 radical (unpaired) electrons. The third-order valence-corrected chi connectivity index (χ3v) is 7.20. The third kappa shape index (κ3) is 4.52. The number of nitrogens with one attached hydrogen (secondary N) is 1.